The van der Waals surface area contributed by atoms with Crippen LogP contribution in [0.2, 0.25) is 0 Å². The van der Waals surface area contributed by atoms with Crippen LogP contribution >= 0.6 is 0 Å². The van der Waals surface area contributed by atoms with E-state index in [4.69, 9.17) is 0 Å². The maximum Gasteiger partial charge on any atom is 0.236 e. The third kappa shape index (κ3) is 3.96. The number of nitrogens with zero attached hydrogens (tertiary/aromatic N) is 1. The summed E-state index contributed by atoms with van der Waals surface area (Å²) in [6.45, 7) is 10.2. The molecule has 0 aromatic carbocycles. The van der Waals surface area contributed by atoms with Crippen molar-refractivity contribution in [1.82, 2.24) is 15.5 Å². The van der Waals surface area contributed by atoms with Crippen molar-refractivity contribution in [2.24, 2.45) is 5.92 Å². The van der Waals surface area contributed by atoms with Gasteiger partial charge in [0.15, 0.2) is 0 Å². The second-order valence-corrected chi connectivity index (χ2v) is 5.39. The van der Waals surface area contributed by atoms with Gasteiger partial charge in [-0.3, -0.25) is 4.79 Å². The van der Waals surface area contributed by atoms with E-state index < -0.39 is 0 Å². The Morgan fingerprint density at radius 1 is 1.47 bits per heavy atom. The number of hydrogen-bond acceptors (Lipinski definition) is 3. The first-order chi connectivity index (χ1) is 7.95. The van der Waals surface area contributed by atoms with Gasteiger partial charge < -0.3 is 15.5 Å². The molecule has 1 aliphatic heterocycles. The van der Waals surface area contributed by atoms with E-state index in [0.717, 1.165) is 13.0 Å². The zero-order valence-corrected chi connectivity index (χ0v) is 11.8. The number of amides is 1. The molecule has 1 fully saturated rings. The minimum absolute atomic E-state index is 0.0991. The maximum atomic E-state index is 11.7. The third-order valence-corrected chi connectivity index (χ3v) is 3.82. The fourth-order valence-electron chi connectivity index (χ4n) is 2.50. The monoisotopic (exact) mass is 241 g/mol. The van der Waals surface area contributed by atoms with E-state index in [-0.39, 0.29) is 11.9 Å². The quantitative estimate of drug-likeness (QED) is 0.766. The lowest BCUT2D eigenvalue weighted by Crippen LogP contribution is -2.55. The summed E-state index contributed by atoms with van der Waals surface area (Å²) in [4.78, 5) is 14.1. The topological polar surface area (TPSA) is 44.4 Å². The fraction of sp³-hybridized carbons (Fsp3) is 0.923. The number of likely N-dealkylation sites (N-methyl/N-ethyl adjacent to an activating group) is 1. The summed E-state index contributed by atoms with van der Waals surface area (Å²) in [5.74, 6) is 0.694. The molecule has 0 radical (unpaired) electrons. The Bertz CT molecular complexity index is 257. The molecule has 1 amide bonds. The van der Waals surface area contributed by atoms with Crippen molar-refractivity contribution in [3.63, 3.8) is 0 Å². The second kappa shape index (κ2) is 6.36. The average molecular weight is 241 g/mol. The minimum Gasteiger partial charge on any atom is -0.355 e. The second-order valence-electron chi connectivity index (χ2n) is 5.39. The molecule has 0 saturated carbocycles. The molecule has 0 aromatic heterocycles. The Morgan fingerprint density at radius 2 is 2.12 bits per heavy atom. The van der Waals surface area contributed by atoms with Gasteiger partial charge in [-0.25, -0.2) is 0 Å². The first kappa shape index (κ1) is 14.5. The highest BCUT2D eigenvalue weighted by molar-refractivity contribution is 5.81. The predicted molar refractivity (Wildman–Crippen MR) is 70.9 cm³/mol. The first-order valence-electron chi connectivity index (χ1n) is 6.69. The molecule has 1 rings (SSSR count). The van der Waals surface area contributed by atoms with Crippen molar-refractivity contribution in [3.8, 4) is 0 Å². The van der Waals surface area contributed by atoms with Crippen LogP contribution in [-0.2, 0) is 4.79 Å². The SMILES string of the molecule is CCNC(=O)C(C)NC1CC(C)N(C)CC1C. The van der Waals surface area contributed by atoms with Gasteiger partial charge >= 0.3 is 0 Å². The van der Waals surface area contributed by atoms with Crippen molar-refractivity contribution in [2.45, 2.75) is 52.2 Å². The van der Waals surface area contributed by atoms with E-state index in [0.29, 0.717) is 24.5 Å². The Hall–Kier alpha value is -0.610. The molecule has 0 aliphatic carbocycles. The van der Waals surface area contributed by atoms with Crippen molar-refractivity contribution < 1.29 is 4.79 Å². The summed E-state index contributed by atoms with van der Waals surface area (Å²) >= 11 is 0. The van der Waals surface area contributed by atoms with E-state index in [1.165, 1.54) is 0 Å². The highest BCUT2D eigenvalue weighted by Gasteiger charge is 2.30. The van der Waals surface area contributed by atoms with E-state index in [1.54, 1.807) is 0 Å². The fourth-order valence-corrected chi connectivity index (χ4v) is 2.50. The number of hydrogen-bond donors (Lipinski definition) is 2. The van der Waals surface area contributed by atoms with Crippen LogP contribution in [0.15, 0.2) is 0 Å². The van der Waals surface area contributed by atoms with Gasteiger partial charge in [-0.1, -0.05) is 6.92 Å². The first-order valence-corrected chi connectivity index (χ1v) is 6.69. The van der Waals surface area contributed by atoms with Crippen LogP contribution in [0.25, 0.3) is 0 Å². The van der Waals surface area contributed by atoms with Crippen LogP contribution in [0, 0.1) is 5.92 Å². The average Bonchev–Trinajstić information content (AvgIpc) is 2.26. The molecule has 0 spiro atoms. The Morgan fingerprint density at radius 3 is 2.71 bits per heavy atom. The number of rotatable bonds is 4. The Kier molecular flexibility index (Phi) is 5.40. The van der Waals surface area contributed by atoms with Gasteiger partial charge in [0, 0.05) is 25.2 Å². The summed E-state index contributed by atoms with van der Waals surface area (Å²) in [6, 6.07) is 0.932. The van der Waals surface area contributed by atoms with Crippen LogP contribution in [0.3, 0.4) is 0 Å². The molecule has 4 nitrogen and oxygen atoms in total. The molecule has 4 unspecified atom stereocenters. The largest absolute Gasteiger partial charge is 0.355 e. The molecule has 100 valence electrons. The minimum atomic E-state index is -0.0991. The van der Waals surface area contributed by atoms with Crippen molar-refractivity contribution >= 4 is 5.91 Å². The molecule has 4 atom stereocenters. The Balaban J connectivity index is 2.47. The number of carbonyl (C=O) groups is 1. The van der Waals surface area contributed by atoms with Gasteiger partial charge in [-0.05, 0) is 40.2 Å². The van der Waals surface area contributed by atoms with E-state index in [9.17, 15) is 4.79 Å². The number of likely N-dealkylation sites (tertiary alicyclic amines) is 1. The lowest BCUT2D eigenvalue weighted by Gasteiger charge is -2.41. The molecule has 0 aromatic rings. The summed E-state index contributed by atoms with van der Waals surface area (Å²) < 4.78 is 0. The van der Waals surface area contributed by atoms with Crippen molar-refractivity contribution in [3.05, 3.63) is 0 Å². The lowest BCUT2D eigenvalue weighted by atomic mass is 9.89. The van der Waals surface area contributed by atoms with Crippen LogP contribution < -0.4 is 10.6 Å². The van der Waals surface area contributed by atoms with Gasteiger partial charge in [0.25, 0.3) is 0 Å². The Labute approximate surface area is 105 Å². The standard InChI is InChI=1S/C13H27N3O/c1-6-14-13(17)11(4)15-12-7-10(3)16(5)8-9(12)2/h9-12,15H,6-8H2,1-5H3,(H,14,17). The van der Waals surface area contributed by atoms with Crippen LogP contribution in [0.4, 0.5) is 0 Å². The predicted octanol–water partition coefficient (Wildman–Crippen LogP) is 0.829. The number of piperidine rings is 1. The number of carbonyl (C=O) groups excluding carboxylic acids is 1. The van der Waals surface area contributed by atoms with E-state index in [1.807, 2.05) is 13.8 Å². The maximum absolute atomic E-state index is 11.7. The van der Waals surface area contributed by atoms with Crippen LogP contribution in [0.1, 0.15) is 34.1 Å². The summed E-state index contributed by atoms with van der Waals surface area (Å²) in [5, 5.41) is 6.32. The summed E-state index contributed by atoms with van der Waals surface area (Å²) in [6.07, 6.45) is 1.11. The molecule has 1 saturated heterocycles. The van der Waals surface area contributed by atoms with Crippen LogP contribution in [-0.4, -0.2) is 49.1 Å². The van der Waals surface area contributed by atoms with E-state index >= 15 is 0 Å². The molecule has 1 heterocycles. The molecule has 1 aliphatic rings. The van der Waals surface area contributed by atoms with Gasteiger partial charge in [0.2, 0.25) is 5.91 Å². The molecular weight excluding hydrogens is 214 g/mol. The smallest absolute Gasteiger partial charge is 0.236 e. The zero-order valence-electron chi connectivity index (χ0n) is 11.8. The molecule has 17 heavy (non-hydrogen) atoms. The van der Waals surface area contributed by atoms with Gasteiger partial charge in [-0.15, -0.1) is 0 Å². The van der Waals surface area contributed by atoms with Crippen molar-refractivity contribution in [1.29, 1.82) is 0 Å². The van der Waals surface area contributed by atoms with Gasteiger partial charge in [0.05, 0.1) is 6.04 Å². The molecule has 4 heteroatoms. The highest BCUT2D eigenvalue weighted by Crippen LogP contribution is 2.21. The summed E-state index contributed by atoms with van der Waals surface area (Å²) in [7, 11) is 2.17. The molecule has 0 bridgehead atoms. The van der Waals surface area contributed by atoms with Crippen molar-refractivity contribution in [2.75, 3.05) is 20.1 Å². The normalized spacial score (nSPS) is 32.2. The zero-order chi connectivity index (χ0) is 13.0. The van der Waals surface area contributed by atoms with Gasteiger partial charge in [-0.2, -0.15) is 0 Å². The lowest BCUT2D eigenvalue weighted by molar-refractivity contribution is -0.123. The summed E-state index contributed by atoms with van der Waals surface area (Å²) in [5.41, 5.74) is 0. The van der Waals surface area contributed by atoms with E-state index in [2.05, 4.69) is 36.4 Å². The molecule has 2 N–H and O–H groups in total. The highest BCUT2D eigenvalue weighted by atomic mass is 16.2. The van der Waals surface area contributed by atoms with Crippen LogP contribution in [0.5, 0.6) is 0 Å². The third-order valence-electron chi connectivity index (χ3n) is 3.82. The molecular formula is C13H27N3O. The number of nitrogens with one attached hydrogen (secondary N) is 2. The van der Waals surface area contributed by atoms with Gasteiger partial charge in [0.1, 0.15) is 0 Å².